The Labute approximate surface area is 149 Å². The molecular formula is C15H12F2IN5O. The number of aromatic nitrogens is 2. The first-order valence-electron chi connectivity index (χ1n) is 6.79. The number of rotatable bonds is 3. The summed E-state index contributed by atoms with van der Waals surface area (Å²) in [6, 6.07) is 5.86. The molecule has 1 amide bonds. The SMILES string of the molecule is Cn1cnc2c(F)c(Nc3ccc(I)cc3F)c(C(=O)NN)cc21. The molecule has 1 heterocycles. The lowest BCUT2D eigenvalue weighted by Gasteiger charge is -2.14. The Morgan fingerprint density at radius 1 is 1.33 bits per heavy atom. The van der Waals surface area contributed by atoms with Crippen LogP contribution in [-0.4, -0.2) is 15.5 Å². The summed E-state index contributed by atoms with van der Waals surface area (Å²) in [6.45, 7) is 0. The molecule has 0 spiro atoms. The quantitative estimate of drug-likeness (QED) is 0.252. The van der Waals surface area contributed by atoms with Gasteiger partial charge in [-0.1, -0.05) is 0 Å². The minimum Gasteiger partial charge on any atom is -0.350 e. The van der Waals surface area contributed by atoms with Gasteiger partial charge >= 0.3 is 0 Å². The van der Waals surface area contributed by atoms with Crippen molar-refractivity contribution in [3.05, 3.63) is 51.4 Å². The molecule has 9 heteroatoms. The van der Waals surface area contributed by atoms with Gasteiger partial charge in [-0.15, -0.1) is 0 Å². The van der Waals surface area contributed by atoms with Crippen LogP contribution in [0.15, 0.2) is 30.6 Å². The predicted molar refractivity (Wildman–Crippen MR) is 94.7 cm³/mol. The molecule has 0 atom stereocenters. The average molecular weight is 443 g/mol. The van der Waals surface area contributed by atoms with Crippen LogP contribution in [0.4, 0.5) is 20.2 Å². The van der Waals surface area contributed by atoms with Gasteiger partial charge in [0.25, 0.3) is 5.91 Å². The summed E-state index contributed by atoms with van der Waals surface area (Å²) in [5.41, 5.74) is 2.25. The van der Waals surface area contributed by atoms with E-state index in [0.29, 0.717) is 9.09 Å². The number of aryl methyl sites for hydroxylation is 1. The smallest absolute Gasteiger partial charge is 0.267 e. The highest BCUT2D eigenvalue weighted by atomic mass is 127. The van der Waals surface area contributed by atoms with Gasteiger partial charge in [0.05, 0.1) is 28.8 Å². The highest BCUT2D eigenvalue weighted by Gasteiger charge is 2.21. The highest BCUT2D eigenvalue weighted by molar-refractivity contribution is 14.1. The summed E-state index contributed by atoms with van der Waals surface area (Å²) >= 11 is 1.96. The van der Waals surface area contributed by atoms with Crippen molar-refractivity contribution in [2.24, 2.45) is 12.9 Å². The molecule has 24 heavy (non-hydrogen) atoms. The number of fused-ring (bicyclic) bond motifs is 1. The second-order valence-corrected chi connectivity index (χ2v) is 6.30. The lowest BCUT2D eigenvalue weighted by Crippen LogP contribution is -2.30. The lowest BCUT2D eigenvalue weighted by atomic mass is 10.1. The van der Waals surface area contributed by atoms with Crippen molar-refractivity contribution in [2.45, 2.75) is 0 Å². The number of imidazole rings is 1. The van der Waals surface area contributed by atoms with E-state index in [1.807, 2.05) is 28.0 Å². The molecule has 0 fully saturated rings. The maximum atomic E-state index is 14.9. The van der Waals surface area contributed by atoms with E-state index in [1.165, 1.54) is 24.5 Å². The van der Waals surface area contributed by atoms with E-state index < -0.39 is 17.5 Å². The van der Waals surface area contributed by atoms with E-state index in [-0.39, 0.29) is 22.5 Å². The van der Waals surface area contributed by atoms with Crippen LogP contribution >= 0.6 is 22.6 Å². The first-order chi connectivity index (χ1) is 11.4. The summed E-state index contributed by atoms with van der Waals surface area (Å²) in [7, 11) is 1.67. The zero-order valence-corrected chi connectivity index (χ0v) is 14.6. The van der Waals surface area contributed by atoms with Gasteiger partial charge in [-0.2, -0.15) is 0 Å². The van der Waals surface area contributed by atoms with Crippen molar-refractivity contribution in [1.82, 2.24) is 15.0 Å². The van der Waals surface area contributed by atoms with Gasteiger partial charge in [-0.25, -0.2) is 19.6 Å². The number of carbonyl (C=O) groups excluding carboxylic acids is 1. The monoisotopic (exact) mass is 443 g/mol. The summed E-state index contributed by atoms with van der Waals surface area (Å²) < 4.78 is 31.2. The molecule has 0 aliphatic carbocycles. The number of hydrogen-bond donors (Lipinski definition) is 3. The van der Waals surface area contributed by atoms with Gasteiger partial charge in [0.2, 0.25) is 0 Å². The van der Waals surface area contributed by atoms with Gasteiger partial charge in [-0.3, -0.25) is 10.2 Å². The molecule has 0 bridgehead atoms. The number of nitrogens with two attached hydrogens (primary N) is 1. The fraction of sp³-hybridized carbons (Fsp3) is 0.0667. The minimum atomic E-state index is -0.760. The Kier molecular flexibility index (Phi) is 4.37. The van der Waals surface area contributed by atoms with Crippen molar-refractivity contribution in [3.63, 3.8) is 0 Å². The first-order valence-corrected chi connectivity index (χ1v) is 7.86. The molecule has 1 aromatic heterocycles. The molecule has 0 radical (unpaired) electrons. The van der Waals surface area contributed by atoms with E-state index in [4.69, 9.17) is 5.84 Å². The summed E-state index contributed by atoms with van der Waals surface area (Å²) in [4.78, 5) is 16.0. The number of nitrogens with one attached hydrogen (secondary N) is 2. The minimum absolute atomic E-state index is 0.0377. The molecule has 0 saturated carbocycles. The fourth-order valence-corrected chi connectivity index (χ4v) is 2.78. The normalized spacial score (nSPS) is 10.9. The molecule has 3 aromatic rings. The number of benzene rings is 2. The summed E-state index contributed by atoms with van der Waals surface area (Å²) in [6.07, 6.45) is 1.42. The number of hydrazine groups is 1. The van der Waals surface area contributed by atoms with Gasteiger partial charge in [-0.05, 0) is 46.9 Å². The van der Waals surface area contributed by atoms with Crippen LogP contribution in [0.3, 0.4) is 0 Å². The van der Waals surface area contributed by atoms with Gasteiger partial charge in [0.15, 0.2) is 5.82 Å². The Morgan fingerprint density at radius 3 is 2.75 bits per heavy atom. The van der Waals surface area contributed by atoms with E-state index >= 15 is 0 Å². The molecule has 3 rings (SSSR count). The molecule has 0 saturated heterocycles. The van der Waals surface area contributed by atoms with Gasteiger partial charge < -0.3 is 9.88 Å². The largest absolute Gasteiger partial charge is 0.350 e. The van der Waals surface area contributed by atoms with Gasteiger partial charge in [0.1, 0.15) is 11.3 Å². The molecule has 0 aliphatic heterocycles. The Morgan fingerprint density at radius 2 is 2.08 bits per heavy atom. The molecule has 0 unspecified atom stereocenters. The number of nitrogens with zero attached hydrogens (tertiary/aromatic N) is 2. The second-order valence-electron chi connectivity index (χ2n) is 5.06. The molecule has 0 aliphatic rings. The van der Waals surface area contributed by atoms with Crippen LogP contribution in [0.5, 0.6) is 0 Å². The van der Waals surface area contributed by atoms with Crippen LogP contribution in [0, 0.1) is 15.2 Å². The third kappa shape index (κ3) is 2.80. The Balaban J connectivity index is 2.21. The van der Waals surface area contributed by atoms with Crippen LogP contribution in [0.2, 0.25) is 0 Å². The number of anilines is 2. The topological polar surface area (TPSA) is 85.0 Å². The van der Waals surface area contributed by atoms with Crippen LogP contribution in [0.1, 0.15) is 10.4 Å². The molecule has 6 nitrogen and oxygen atoms in total. The van der Waals surface area contributed by atoms with E-state index in [0.717, 1.165) is 0 Å². The number of halogens is 3. The van der Waals surface area contributed by atoms with Crippen LogP contribution in [-0.2, 0) is 7.05 Å². The van der Waals surface area contributed by atoms with Crippen LogP contribution in [0.25, 0.3) is 11.0 Å². The van der Waals surface area contributed by atoms with Crippen molar-refractivity contribution in [2.75, 3.05) is 5.32 Å². The van der Waals surface area contributed by atoms with Crippen molar-refractivity contribution < 1.29 is 13.6 Å². The highest BCUT2D eigenvalue weighted by Crippen LogP contribution is 2.31. The summed E-state index contributed by atoms with van der Waals surface area (Å²) in [5, 5.41) is 2.63. The number of carbonyl (C=O) groups is 1. The maximum Gasteiger partial charge on any atom is 0.267 e. The van der Waals surface area contributed by atoms with Crippen molar-refractivity contribution in [1.29, 1.82) is 0 Å². The standard InChI is InChI=1S/C15H12F2IN5O/c1-23-6-20-14-11(23)5-8(15(24)22-19)13(12(14)17)21-10-3-2-7(18)4-9(10)16/h2-6,21H,19H2,1H3,(H,22,24). The molecule has 4 N–H and O–H groups in total. The average Bonchev–Trinajstić information content (AvgIpc) is 2.92. The third-order valence-electron chi connectivity index (χ3n) is 3.53. The van der Waals surface area contributed by atoms with Crippen molar-refractivity contribution >= 4 is 50.9 Å². The number of hydrogen-bond acceptors (Lipinski definition) is 4. The number of nitrogen functional groups attached to an aromatic ring is 1. The van der Waals surface area contributed by atoms with Crippen LogP contribution < -0.4 is 16.6 Å². The molecule has 2 aromatic carbocycles. The Hall–Kier alpha value is -2.27. The maximum absolute atomic E-state index is 14.9. The zero-order chi connectivity index (χ0) is 17.4. The Bertz CT molecular complexity index is 957. The predicted octanol–water partition coefficient (Wildman–Crippen LogP) is 2.80. The zero-order valence-electron chi connectivity index (χ0n) is 12.4. The molecular weight excluding hydrogens is 431 g/mol. The number of amides is 1. The van der Waals surface area contributed by atoms with Gasteiger partial charge in [0, 0.05) is 10.6 Å². The van der Waals surface area contributed by atoms with Crippen molar-refractivity contribution in [3.8, 4) is 0 Å². The third-order valence-corrected chi connectivity index (χ3v) is 4.20. The fourth-order valence-electron chi connectivity index (χ4n) is 2.33. The van der Waals surface area contributed by atoms with E-state index in [1.54, 1.807) is 17.7 Å². The summed E-state index contributed by atoms with van der Waals surface area (Å²) in [5.74, 6) is 3.15. The van der Waals surface area contributed by atoms with E-state index in [2.05, 4.69) is 10.3 Å². The van der Waals surface area contributed by atoms with E-state index in [9.17, 15) is 13.6 Å². The first kappa shape index (κ1) is 16.6. The molecule has 124 valence electrons. The lowest BCUT2D eigenvalue weighted by molar-refractivity contribution is 0.0954. The second kappa shape index (κ2) is 6.32.